The zero-order valence-electron chi connectivity index (χ0n) is 26.1. The summed E-state index contributed by atoms with van der Waals surface area (Å²) in [4.78, 5) is 5.28. The van der Waals surface area contributed by atoms with E-state index in [-0.39, 0.29) is 0 Å². The Balaban J connectivity index is 1.21. The molecule has 0 amide bonds. The average molecular weight is 628 g/mol. The van der Waals surface area contributed by atoms with Crippen LogP contribution in [0.4, 0.5) is 0 Å². The summed E-state index contributed by atoms with van der Waals surface area (Å²) in [7, 11) is 0. The summed E-state index contributed by atoms with van der Waals surface area (Å²) >= 11 is 0. The Morgan fingerprint density at radius 2 is 0.796 bits per heavy atom. The van der Waals surface area contributed by atoms with Gasteiger partial charge in [0.1, 0.15) is 33.6 Å². The minimum absolute atomic E-state index is 0.788. The van der Waals surface area contributed by atoms with E-state index in [2.05, 4.69) is 109 Å². The highest BCUT2D eigenvalue weighted by Crippen LogP contribution is 2.42. The maximum absolute atomic E-state index is 6.64. The molecule has 0 bridgehead atoms. The molecule has 7 aromatic carbocycles. The summed E-state index contributed by atoms with van der Waals surface area (Å²) in [5.41, 5.74) is 12.2. The van der Waals surface area contributed by atoms with E-state index in [1.165, 1.54) is 0 Å². The van der Waals surface area contributed by atoms with Crippen molar-refractivity contribution in [2.75, 3.05) is 0 Å². The van der Waals surface area contributed by atoms with Crippen LogP contribution < -0.4 is 0 Å². The van der Waals surface area contributed by atoms with Crippen molar-refractivity contribution in [1.82, 2.24) is 4.98 Å². The van der Waals surface area contributed by atoms with Crippen molar-refractivity contribution in [2.24, 2.45) is 0 Å². The zero-order chi connectivity index (χ0) is 32.1. The molecule has 0 aliphatic carbocycles. The monoisotopic (exact) mass is 627 g/mol. The normalized spacial score (nSPS) is 12.1. The van der Waals surface area contributed by atoms with E-state index in [4.69, 9.17) is 18.2 Å². The fourth-order valence-corrected chi connectivity index (χ4v) is 7.54. The van der Waals surface area contributed by atoms with Crippen LogP contribution in [0.25, 0.3) is 110 Å². The Kier molecular flexibility index (Phi) is 5.35. The number of fused-ring (bicyclic) bond motifs is 11. The third-order valence-corrected chi connectivity index (χ3v) is 9.84. The van der Waals surface area contributed by atoms with Gasteiger partial charge in [0.2, 0.25) is 0 Å². The smallest absolute Gasteiger partial charge is 0.162 e. The van der Waals surface area contributed by atoms with Crippen molar-refractivity contribution >= 4 is 76.7 Å². The molecule has 49 heavy (non-hydrogen) atoms. The van der Waals surface area contributed by atoms with E-state index in [1.54, 1.807) is 0 Å². The number of aromatic nitrogens is 1. The van der Waals surface area contributed by atoms with Gasteiger partial charge in [0.25, 0.3) is 0 Å². The quantitative estimate of drug-likeness (QED) is 0.196. The van der Waals surface area contributed by atoms with Gasteiger partial charge in [-0.15, -0.1) is 0 Å². The van der Waals surface area contributed by atoms with Crippen LogP contribution in [0.3, 0.4) is 0 Å². The third kappa shape index (κ3) is 3.95. The summed E-state index contributed by atoms with van der Waals surface area (Å²) in [6.07, 6.45) is 0. The first-order valence-corrected chi connectivity index (χ1v) is 16.4. The molecule has 0 aliphatic heterocycles. The van der Waals surface area contributed by atoms with Gasteiger partial charge in [0.05, 0.1) is 5.52 Å². The Morgan fingerprint density at radius 1 is 0.327 bits per heavy atom. The molecular formula is C45H25NO3. The lowest BCUT2D eigenvalue weighted by Gasteiger charge is -2.12. The molecule has 11 rings (SSSR count). The Labute approximate surface area is 279 Å². The van der Waals surface area contributed by atoms with Crippen LogP contribution in [0.2, 0.25) is 0 Å². The van der Waals surface area contributed by atoms with Gasteiger partial charge in [-0.25, -0.2) is 4.98 Å². The SMILES string of the molecule is c1ccc2c(c1)nc(-c1cc(-c3ccc4oc5ccccc5c4c3)cc(-c3ccc4oc5ccccc5c4c3)c1)c1oc3ccccc3c12. The summed E-state index contributed by atoms with van der Waals surface area (Å²) in [5.74, 6) is 0. The van der Waals surface area contributed by atoms with Crippen LogP contribution in [0.5, 0.6) is 0 Å². The van der Waals surface area contributed by atoms with Gasteiger partial charge in [-0.3, -0.25) is 0 Å². The fourth-order valence-electron chi connectivity index (χ4n) is 7.54. The lowest BCUT2D eigenvalue weighted by molar-refractivity contribution is 0.668. The van der Waals surface area contributed by atoms with E-state index >= 15 is 0 Å². The van der Waals surface area contributed by atoms with Gasteiger partial charge in [-0.1, -0.05) is 84.9 Å². The molecule has 4 heterocycles. The van der Waals surface area contributed by atoms with Gasteiger partial charge in [0.15, 0.2) is 5.58 Å². The van der Waals surface area contributed by atoms with Crippen molar-refractivity contribution in [3.63, 3.8) is 0 Å². The molecule has 4 nitrogen and oxygen atoms in total. The highest BCUT2D eigenvalue weighted by atomic mass is 16.3. The molecule has 0 fully saturated rings. The first-order valence-electron chi connectivity index (χ1n) is 16.4. The molecule has 4 heteroatoms. The number of nitrogens with zero attached hydrogens (tertiary/aromatic N) is 1. The van der Waals surface area contributed by atoms with Crippen molar-refractivity contribution < 1.29 is 13.3 Å². The highest BCUT2D eigenvalue weighted by Gasteiger charge is 2.20. The van der Waals surface area contributed by atoms with E-state index in [1.807, 2.05) is 42.5 Å². The van der Waals surface area contributed by atoms with E-state index in [0.717, 1.165) is 110 Å². The Bertz CT molecular complexity index is 2990. The first kappa shape index (κ1) is 26.4. The number of hydrogen-bond acceptors (Lipinski definition) is 4. The number of benzene rings is 7. The van der Waals surface area contributed by atoms with Crippen molar-refractivity contribution in [3.05, 3.63) is 152 Å². The van der Waals surface area contributed by atoms with E-state index in [9.17, 15) is 0 Å². The van der Waals surface area contributed by atoms with Gasteiger partial charge in [-0.2, -0.15) is 0 Å². The zero-order valence-corrected chi connectivity index (χ0v) is 26.1. The molecule has 0 aliphatic rings. The second-order valence-corrected chi connectivity index (χ2v) is 12.7. The number of para-hydroxylation sites is 4. The number of hydrogen-bond donors (Lipinski definition) is 0. The van der Waals surface area contributed by atoms with Crippen LogP contribution in [0.1, 0.15) is 0 Å². The van der Waals surface area contributed by atoms with Gasteiger partial charge in [-0.05, 0) is 89.0 Å². The van der Waals surface area contributed by atoms with Gasteiger partial charge >= 0.3 is 0 Å². The lowest BCUT2D eigenvalue weighted by atomic mass is 9.93. The standard InChI is InChI=1S/C45H25NO3/c1-5-13-37-33(11-1)43-34-12-4-8-16-40(34)49-45(43)44(46-37)30-22-28(26-17-19-41-35(24-26)31-9-2-6-14-38(31)47-41)21-29(23-30)27-18-20-42-36(25-27)32-10-3-7-15-39(32)48-42/h1-25H. The first-order chi connectivity index (χ1) is 24.2. The Hall–Kier alpha value is -6.65. The third-order valence-electron chi connectivity index (χ3n) is 9.84. The van der Waals surface area contributed by atoms with Crippen LogP contribution in [-0.4, -0.2) is 4.98 Å². The fraction of sp³-hybridized carbons (Fsp3) is 0. The summed E-state index contributed by atoms with van der Waals surface area (Å²) < 4.78 is 19.0. The summed E-state index contributed by atoms with van der Waals surface area (Å²) in [6, 6.07) is 52.7. The molecule has 4 aromatic heterocycles. The molecule has 0 spiro atoms. The molecule has 0 N–H and O–H groups in total. The van der Waals surface area contributed by atoms with E-state index in [0.29, 0.717) is 0 Å². The molecule has 228 valence electrons. The largest absolute Gasteiger partial charge is 0.456 e. The molecule has 0 radical (unpaired) electrons. The average Bonchev–Trinajstić information content (AvgIpc) is 3.85. The summed E-state index contributed by atoms with van der Waals surface area (Å²) in [5, 5.41) is 7.65. The molecule has 11 aromatic rings. The van der Waals surface area contributed by atoms with Crippen LogP contribution in [-0.2, 0) is 0 Å². The van der Waals surface area contributed by atoms with Gasteiger partial charge < -0.3 is 13.3 Å². The van der Waals surface area contributed by atoms with Crippen LogP contribution in [0, 0.1) is 0 Å². The van der Waals surface area contributed by atoms with Crippen LogP contribution in [0.15, 0.2) is 165 Å². The minimum Gasteiger partial charge on any atom is -0.456 e. The Morgan fingerprint density at radius 3 is 1.41 bits per heavy atom. The predicted octanol–water partition coefficient (Wildman–Crippen LogP) is 12.9. The summed E-state index contributed by atoms with van der Waals surface area (Å²) in [6.45, 7) is 0. The minimum atomic E-state index is 0.788. The molecular weight excluding hydrogens is 602 g/mol. The number of furan rings is 3. The molecule has 0 saturated carbocycles. The second kappa shape index (κ2) is 9.93. The second-order valence-electron chi connectivity index (χ2n) is 12.7. The van der Waals surface area contributed by atoms with E-state index < -0.39 is 0 Å². The van der Waals surface area contributed by atoms with Crippen molar-refractivity contribution in [1.29, 1.82) is 0 Å². The van der Waals surface area contributed by atoms with Crippen molar-refractivity contribution in [3.8, 4) is 33.5 Å². The lowest BCUT2D eigenvalue weighted by Crippen LogP contribution is -1.91. The maximum Gasteiger partial charge on any atom is 0.162 e. The number of pyridine rings is 1. The predicted molar refractivity (Wildman–Crippen MR) is 200 cm³/mol. The highest BCUT2D eigenvalue weighted by molar-refractivity contribution is 6.21. The molecule has 0 atom stereocenters. The van der Waals surface area contributed by atoms with Gasteiger partial charge in [0, 0.05) is 43.3 Å². The number of rotatable bonds is 3. The maximum atomic E-state index is 6.64. The van der Waals surface area contributed by atoms with Crippen molar-refractivity contribution in [2.45, 2.75) is 0 Å². The van der Waals surface area contributed by atoms with Crippen LogP contribution >= 0.6 is 0 Å². The molecule has 0 saturated heterocycles. The topological polar surface area (TPSA) is 52.3 Å². The molecule has 0 unspecified atom stereocenters.